The highest BCUT2D eigenvalue weighted by Crippen LogP contribution is 2.38. The highest BCUT2D eigenvalue weighted by Gasteiger charge is 2.52. The van der Waals surface area contributed by atoms with Crippen LogP contribution in [-0.2, 0) is 16.1 Å². The van der Waals surface area contributed by atoms with Crippen LogP contribution in [-0.4, -0.2) is 41.6 Å². The van der Waals surface area contributed by atoms with E-state index in [1.807, 2.05) is 20.8 Å². The predicted octanol–water partition coefficient (Wildman–Crippen LogP) is 3.22. The molecule has 0 radical (unpaired) electrons. The second kappa shape index (κ2) is 7.08. The average molecular weight is 344 g/mol. The van der Waals surface area contributed by atoms with E-state index < -0.39 is 11.1 Å². The van der Waals surface area contributed by atoms with Crippen LogP contribution in [0.25, 0.3) is 0 Å². The molecule has 1 aromatic carbocycles. The Bertz CT molecular complexity index is 590. The lowest BCUT2D eigenvalue weighted by molar-refractivity contribution is -0.158. The number of nitrogens with one attached hydrogen (secondary N) is 1. The Morgan fingerprint density at radius 3 is 2.52 bits per heavy atom. The van der Waals surface area contributed by atoms with Gasteiger partial charge in [-0.3, -0.25) is 9.69 Å². The molecule has 0 spiro atoms. The number of hydrogen-bond donors (Lipinski definition) is 1. The van der Waals surface area contributed by atoms with Crippen molar-refractivity contribution < 1.29 is 9.53 Å². The van der Waals surface area contributed by atoms with Crippen molar-refractivity contribution in [3.05, 3.63) is 35.9 Å². The smallest absolute Gasteiger partial charge is 0.326 e. The van der Waals surface area contributed by atoms with Crippen molar-refractivity contribution >= 4 is 5.97 Å². The van der Waals surface area contributed by atoms with Crippen LogP contribution in [0.4, 0.5) is 0 Å². The number of hydrogen-bond acceptors (Lipinski definition) is 4. The third kappa shape index (κ3) is 4.83. The van der Waals surface area contributed by atoms with Crippen molar-refractivity contribution in [1.82, 2.24) is 10.2 Å². The molecule has 1 N–H and O–H groups in total. The number of likely N-dealkylation sites (tertiary alicyclic amines) is 1. The van der Waals surface area contributed by atoms with Gasteiger partial charge in [0.05, 0.1) is 0 Å². The Balaban J connectivity index is 1.49. The molecular formula is C21H32N2O2. The summed E-state index contributed by atoms with van der Waals surface area (Å²) in [6.45, 7) is 12.2. The third-order valence-corrected chi connectivity index (χ3v) is 5.33. The number of carbonyl (C=O) groups is 1. The Hall–Kier alpha value is -1.39. The minimum absolute atomic E-state index is 0.0770. The lowest BCUT2D eigenvalue weighted by Crippen LogP contribution is -2.46. The lowest BCUT2D eigenvalue weighted by atomic mass is 9.98. The van der Waals surface area contributed by atoms with Crippen molar-refractivity contribution in [3.8, 4) is 0 Å². The monoisotopic (exact) mass is 344 g/mol. The molecule has 2 atom stereocenters. The summed E-state index contributed by atoms with van der Waals surface area (Å²) < 4.78 is 5.60. The van der Waals surface area contributed by atoms with Crippen molar-refractivity contribution in [2.45, 2.75) is 58.2 Å². The zero-order valence-electron chi connectivity index (χ0n) is 16.0. The molecule has 1 heterocycles. The fourth-order valence-corrected chi connectivity index (χ4v) is 3.66. The molecule has 1 saturated heterocycles. The van der Waals surface area contributed by atoms with E-state index in [2.05, 4.69) is 47.5 Å². The largest absolute Gasteiger partial charge is 0.459 e. The first-order chi connectivity index (χ1) is 11.8. The first kappa shape index (κ1) is 18.4. The minimum Gasteiger partial charge on any atom is -0.459 e. The van der Waals surface area contributed by atoms with Gasteiger partial charge in [0.15, 0.2) is 0 Å². The zero-order chi connectivity index (χ0) is 18.1. The second-order valence-corrected chi connectivity index (χ2v) is 8.88. The number of ether oxygens (including phenoxy) is 1. The van der Waals surface area contributed by atoms with Gasteiger partial charge >= 0.3 is 5.97 Å². The maximum absolute atomic E-state index is 12.4. The molecule has 2 fully saturated rings. The molecule has 1 aromatic rings. The zero-order valence-corrected chi connectivity index (χ0v) is 16.0. The quantitative estimate of drug-likeness (QED) is 0.805. The van der Waals surface area contributed by atoms with E-state index in [1.54, 1.807) is 0 Å². The van der Waals surface area contributed by atoms with Crippen LogP contribution < -0.4 is 5.32 Å². The van der Waals surface area contributed by atoms with Gasteiger partial charge in [-0.15, -0.1) is 0 Å². The molecule has 0 aromatic heterocycles. The van der Waals surface area contributed by atoms with E-state index in [1.165, 1.54) is 5.56 Å². The number of nitrogens with zero attached hydrogens (tertiary/aromatic N) is 1. The summed E-state index contributed by atoms with van der Waals surface area (Å²) in [4.78, 5) is 15.0. The minimum atomic E-state index is -0.417. The molecule has 2 aliphatic rings. The topological polar surface area (TPSA) is 41.6 Å². The SMILES string of the molecule is C[C@@H]1CN(Cc2ccccc2)C[C@@H]1CNC1(C(=O)OC(C)(C)C)CC1. The molecule has 0 unspecified atom stereocenters. The third-order valence-electron chi connectivity index (χ3n) is 5.33. The summed E-state index contributed by atoms with van der Waals surface area (Å²) in [5, 5.41) is 3.55. The molecule has 1 aliphatic heterocycles. The molecule has 0 amide bonds. The van der Waals surface area contributed by atoms with Crippen LogP contribution >= 0.6 is 0 Å². The van der Waals surface area contributed by atoms with Gasteiger partial charge < -0.3 is 10.1 Å². The Labute approximate surface area is 151 Å². The van der Waals surface area contributed by atoms with Crippen LogP contribution in [0.5, 0.6) is 0 Å². The highest BCUT2D eigenvalue weighted by molar-refractivity contribution is 5.84. The molecular weight excluding hydrogens is 312 g/mol. The summed E-state index contributed by atoms with van der Waals surface area (Å²) >= 11 is 0. The second-order valence-electron chi connectivity index (χ2n) is 8.88. The van der Waals surface area contributed by atoms with Gasteiger partial charge in [-0.05, 0) is 51.0 Å². The standard InChI is InChI=1S/C21H32N2O2/c1-16-13-23(14-17-8-6-5-7-9-17)15-18(16)12-22-21(10-11-21)19(24)25-20(2,3)4/h5-9,16,18,22H,10-15H2,1-4H3/t16-,18+/m1/s1. The van der Waals surface area contributed by atoms with Gasteiger partial charge in [-0.2, -0.15) is 0 Å². The van der Waals surface area contributed by atoms with Crippen molar-refractivity contribution in [1.29, 1.82) is 0 Å². The van der Waals surface area contributed by atoms with Gasteiger partial charge in [0, 0.05) is 26.2 Å². The molecule has 4 heteroatoms. The fourth-order valence-electron chi connectivity index (χ4n) is 3.66. The summed E-state index contributed by atoms with van der Waals surface area (Å²) in [6.07, 6.45) is 1.80. The summed E-state index contributed by atoms with van der Waals surface area (Å²) in [7, 11) is 0. The van der Waals surface area contributed by atoms with Crippen LogP contribution in [0, 0.1) is 11.8 Å². The lowest BCUT2D eigenvalue weighted by Gasteiger charge is -2.26. The number of carbonyl (C=O) groups excluding carboxylic acids is 1. The van der Waals surface area contributed by atoms with Crippen molar-refractivity contribution in [2.75, 3.05) is 19.6 Å². The van der Waals surface area contributed by atoms with E-state index in [0.717, 1.165) is 39.0 Å². The average Bonchev–Trinajstić information content (AvgIpc) is 3.24. The first-order valence-electron chi connectivity index (χ1n) is 9.52. The van der Waals surface area contributed by atoms with Crippen LogP contribution in [0.2, 0.25) is 0 Å². The molecule has 1 aliphatic carbocycles. The molecule has 1 saturated carbocycles. The summed E-state index contributed by atoms with van der Waals surface area (Å²) in [5.41, 5.74) is 0.539. The molecule has 25 heavy (non-hydrogen) atoms. The number of esters is 1. The number of benzene rings is 1. The Morgan fingerprint density at radius 1 is 1.24 bits per heavy atom. The predicted molar refractivity (Wildman–Crippen MR) is 100 cm³/mol. The van der Waals surface area contributed by atoms with Crippen LogP contribution in [0.15, 0.2) is 30.3 Å². The van der Waals surface area contributed by atoms with Crippen LogP contribution in [0.3, 0.4) is 0 Å². The van der Waals surface area contributed by atoms with E-state index in [-0.39, 0.29) is 5.97 Å². The maximum Gasteiger partial charge on any atom is 0.326 e. The van der Waals surface area contributed by atoms with Gasteiger partial charge in [-0.1, -0.05) is 37.3 Å². The molecule has 138 valence electrons. The van der Waals surface area contributed by atoms with E-state index in [4.69, 9.17) is 4.74 Å². The highest BCUT2D eigenvalue weighted by atomic mass is 16.6. The van der Waals surface area contributed by atoms with E-state index >= 15 is 0 Å². The molecule has 3 rings (SSSR count). The first-order valence-corrected chi connectivity index (χ1v) is 9.52. The Kier molecular flexibility index (Phi) is 5.21. The summed E-state index contributed by atoms with van der Waals surface area (Å²) in [5.74, 6) is 1.15. The normalized spacial score (nSPS) is 25.8. The van der Waals surface area contributed by atoms with Gasteiger partial charge in [0.1, 0.15) is 11.1 Å². The van der Waals surface area contributed by atoms with Gasteiger partial charge in [-0.25, -0.2) is 0 Å². The molecule has 4 nitrogen and oxygen atoms in total. The van der Waals surface area contributed by atoms with E-state index in [9.17, 15) is 4.79 Å². The van der Waals surface area contributed by atoms with Gasteiger partial charge in [0.2, 0.25) is 0 Å². The summed E-state index contributed by atoms with van der Waals surface area (Å²) in [6, 6.07) is 10.7. The van der Waals surface area contributed by atoms with E-state index in [0.29, 0.717) is 11.8 Å². The number of rotatable bonds is 6. The molecule has 0 bridgehead atoms. The fraction of sp³-hybridized carbons (Fsp3) is 0.667. The van der Waals surface area contributed by atoms with Crippen molar-refractivity contribution in [3.63, 3.8) is 0 Å². The maximum atomic E-state index is 12.4. The van der Waals surface area contributed by atoms with Crippen molar-refractivity contribution in [2.24, 2.45) is 11.8 Å². The van der Waals surface area contributed by atoms with Gasteiger partial charge in [0.25, 0.3) is 0 Å². The van der Waals surface area contributed by atoms with Crippen LogP contribution in [0.1, 0.15) is 46.1 Å². The Morgan fingerprint density at radius 2 is 1.92 bits per heavy atom.